The standard InChI is InChI=1S/C29H23N3O4S2/c1-18-13-15-22(16-14-18)38(35,36)32-29-30-19(2)27(37-29)26(33)25-23(20-9-5-3-6-10-20)17-24(31-28(25)34)21-11-7-4-8-12-21/h3-17H,1-2H3,(H,30,32)(H,31,34). The first kappa shape index (κ1) is 25.3. The number of rotatable bonds is 7. The van der Waals surface area contributed by atoms with Gasteiger partial charge >= 0.3 is 0 Å². The molecule has 5 rings (SSSR count). The second-order valence-electron chi connectivity index (χ2n) is 8.71. The van der Waals surface area contributed by atoms with E-state index >= 15 is 0 Å². The molecule has 0 aliphatic heterocycles. The normalized spacial score (nSPS) is 11.3. The van der Waals surface area contributed by atoms with Crippen molar-refractivity contribution in [3.63, 3.8) is 0 Å². The van der Waals surface area contributed by atoms with Crippen molar-refractivity contribution in [2.45, 2.75) is 18.7 Å². The molecule has 38 heavy (non-hydrogen) atoms. The second kappa shape index (κ2) is 10.2. The van der Waals surface area contributed by atoms with E-state index in [1.54, 1.807) is 25.1 Å². The number of thiazole rings is 1. The Bertz CT molecular complexity index is 1790. The van der Waals surface area contributed by atoms with Crippen molar-refractivity contribution in [1.29, 1.82) is 0 Å². The van der Waals surface area contributed by atoms with Crippen molar-refractivity contribution in [2.75, 3.05) is 4.72 Å². The van der Waals surface area contributed by atoms with E-state index in [0.717, 1.165) is 22.5 Å². The van der Waals surface area contributed by atoms with Crippen LogP contribution >= 0.6 is 11.3 Å². The summed E-state index contributed by atoms with van der Waals surface area (Å²) in [4.78, 5) is 34.6. The maximum Gasteiger partial charge on any atom is 0.263 e. The van der Waals surface area contributed by atoms with Crippen LogP contribution in [0, 0.1) is 13.8 Å². The molecule has 0 unspecified atom stereocenters. The maximum absolute atomic E-state index is 13.8. The van der Waals surface area contributed by atoms with Gasteiger partial charge in [-0.2, -0.15) is 0 Å². The van der Waals surface area contributed by atoms with Gasteiger partial charge < -0.3 is 4.98 Å². The molecule has 0 aliphatic carbocycles. The van der Waals surface area contributed by atoms with E-state index in [1.165, 1.54) is 12.1 Å². The molecule has 0 bridgehead atoms. The molecule has 0 aliphatic rings. The van der Waals surface area contributed by atoms with Crippen molar-refractivity contribution in [2.24, 2.45) is 0 Å². The quantitative estimate of drug-likeness (QED) is 0.253. The van der Waals surface area contributed by atoms with Crippen LogP contribution in [-0.2, 0) is 10.0 Å². The Hall–Kier alpha value is -4.34. The van der Waals surface area contributed by atoms with Crippen molar-refractivity contribution in [3.05, 3.63) is 123 Å². The topological polar surface area (TPSA) is 109 Å². The average Bonchev–Trinajstić information content (AvgIpc) is 3.28. The molecule has 0 saturated carbocycles. The molecule has 2 aromatic heterocycles. The third-order valence-electron chi connectivity index (χ3n) is 5.99. The molecule has 7 nitrogen and oxygen atoms in total. The molecule has 0 fully saturated rings. The minimum Gasteiger partial charge on any atom is -0.321 e. The molecule has 0 saturated heterocycles. The molecule has 0 amide bonds. The molecule has 0 spiro atoms. The van der Waals surface area contributed by atoms with Gasteiger partial charge in [0.15, 0.2) is 5.13 Å². The Morgan fingerprint density at radius 2 is 1.47 bits per heavy atom. The summed E-state index contributed by atoms with van der Waals surface area (Å²) in [6.45, 7) is 3.48. The first-order valence-electron chi connectivity index (χ1n) is 11.7. The van der Waals surface area contributed by atoms with Gasteiger partial charge in [-0.25, -0.2) is 13.4 Å². The summed E-state index contributed by atoms with van der Waals surface area (Å²) >= 11 is 0.897. The first-order valence-corrected chi connectivity index (χ1v) is 14.0. The molecule has 0 atom stereocenters. The summed E-state index contributed by atoms with van der Waals surface area (Å²) < 4.78 is 28.2. The fourth-order valence-electron chi connectivity index (χ4n) is 4.06. The molecule has 9 heteroatoms. The largest absolute Gasteiger partial charge is 0.321 e. The second-order valence-corrected chi connectivity index (χ2v) is 11.4. The van der Waals surface area contributed by atoms with Crippen molar-refractivity contribution >= 4 is 32.3 Å². The van der Waals surface area contributed by atoms with Gasteiger partial charge in [0.1, 0.15) is 4.88 Å². The number of benzene rings is 3. The number of nitrogens with zero attached hydrogens (tertiary/aromatic N) is 1. The lowest BCUT2D eigenvalue weighted by Gasteiger charge is -2.11. The monoisotopic (exact) mass is 541 g/mol. The van der Waals surface area contributed by atoms with Crippen molar-refractivity contribution in [3.8, 4) is 22.4 Å². The van der Waals surface area contributed by atoms with Gasteiger partial charge in [-0.15, -0.1) is 0 Å². The van der Waals surface area contributed by atoms with Gasteiger partial charge in [0.25, 0.3) is 15.6 Å². The number of pyridine rings is 1. The van der Waals surface area contributed by atoms with Gasteiger partial charge in [0.05, 0.1) is 16.2 Å². The third kappa shape index (κ3) is 5.06. The molecule has 0 radical (unpaired) electrons. The van der Waals surface area contributed by atoms with Gasteiger partial charge in [-0.3, -0.25) is 14.3 Å². The van der Waals surface area contributed by atoms with Crippen LogP contribution in [0.25, 0.3) is 22.4 Å². The number of anilines is 1. The summed E-state index contributed by atoms with van der Waals surface area (Å²) in [7, 11) is -3.90. The average molecular weight is 542 g/mol. The van der Waals surface area contributed by atoms with Crippen LogP contribution in [0.5, 0.6) is 0 Å². The molecule has 3 aromatic carbocycles. The highest BCUT2D eigenvalue weighted by Crippen LogP contribution is 2.31. The van der Waals surface area contributed by atoms with E-state index in [9.17, 15) is 18.0 Å². The minimum atomic E-state index is -3.90. The van der Waals surface area contributed by atoms with E-state index in [1.807, 2.05) is 67.6 Å². The highest BCUT2D eigenvalue weighted by Gasteiger charge is 2.26. The lowest BCUT2D eigenvalue weighted by Crippen LogP contribution is -2.20. The van der Waals surface area contributed by atoms with Crippen LogP contribution in [-0.4, -0.2) is 24.2 Å². The highest BCUT2D eigenvalue weighted by atomic mass is 32.2. The SMILES string of the molecule is Cc1ccc(S(=O)(=O)Nc2nc(C)c(C(=O)c3c(-c4ccccc4)cc(-c4ccccc4)[nH]c3=O)s2)cc1. The van der Waals surface area contributed by atoms with Crippen LogP contribution < -0.4 is 10.3 Å². The van der Waals surface area contributed by atoms with Crippen LogP contribution in [0.15, 0.2) is 101 Å². The Morgan fingerprint density at radius 1 is 0.868 bits per heavy atom. The predicted molar refractivity (Wildman–Crippen MR) is 150 cm³/mol. The number of sulfonamides is 1. The summed E-state index contributed by atoms with van der Waals surface area (Å²) in [6.07, 6.45) is 0. The highest BCUT2D eigenvalue weighted by molar-refractivity contribution is 7.93. The zero-order chi connectivity index (χ0) is 26.9. The Kier molecular flexibility index (Phi) is 6.79. The smallest absolute Gasteiger partial charge is 0.263 e. The van der Waals surface area contributed by atoms with E-state index in [2.05, 4.69) is 14.7 Å². The van der Waals surface area contributed by atoms with Crippen molar-refractivity contribution in [1.82, 2.24) is 9.97 Å². The lowest BCUT2D eigenvalue weighted by atomic mass is 9.95. The molecular formula is C29H23N3O4S2. The van der Waals surface area contributed by atoms with Crippen LogP contribution in [0.4, 0.5) is 5.13 Å². The van der Waals surface area contributed by atoms with Gasteiger partial charge in [0, 0.05) is 11.3 Å². The van der Waals surface area contributed by atoms with E-state index in [-0.39, 0.29) is 20.5 Å². The number of nitrogens with one attached hydrogen (secondary N) is 2. The summed E-state index contributed by atoms with van der Waals surface area (Å²) in [6, 6.07) is 26.8. The van der Waals surface area contributed by atoms with E-state index in [0.29, 0.717) is 22.5 Å². The van der Waals surface area contributed by atoms with Gasteiger partial charge in [-0.05, 0) is 43.2 Å². The minimum absolute atomic E-state index is 0.0319. The fraction of sp³-hybridized carbons (Fsp3) is 0.0690. The maximum atomic E-state index is 13.8. The van der Waals surface area contributed by atoms with Gasteiger partial charge in [0.2, 0.25) is 5.78 Å². The number of carbonyl (C=O) groups is 1. The lowest BCUT2D eigenvalue weighted by molar-refractivity contribution is 0.104. The third-order valence-corrected chi connectivity index (χ3v) is 8.54. The van der Waals surface area contributed by atoms with E-state index in [4.69, 9.17) is 0 Å². The van der Waals surface area contributed by atoms with Gasteiger partial charge in [-0.1, -0.05) is 89.7 Å². The Morgan fingerprint density at radius 3 is 2.11 bits per heavy atom. The van der Waals surface area contributed by atoms with Crippen LogP contribution in [0.2, 0.25) is 0 Å². The fourth-order valence-corrected chi connectivity index (χ4v) is 6.21. The first-order chi connectivity index (χ1) is 18.2. The molecule has 190 valence electrons. The number of hydrogen-bond acceptors (Lipinski definition) is 6. The van der Waals surface area contributed by atoms with Crippen LogP contribution in [0.1, 0.15) is 26.5 Å². The Balaban J connectivity index is 1.57. The molecule has 2 N–H and O–H groups in total. The molecule has 5 aromatic rings. The number of aromatic amines is 1. The summed E-state index contributed by atoms with van der Waals surface area (Å²) in [5.41, 5.74) is 3.27. The molecular weight excluding hydrogens is 518 g/mol. The number of aryl methyl sites for hydroxylation is 2. The van der Waals surface area contributed by atoms with Crippen LogP contribution in [0.3, 0.4) is 0 Å². The Labute approximate surface area is 223 Å². The van der Waals surface area contributed by atoms with Crippen molar-refractivity contribution < 1.29 is 13.2 Å². The number of ketones is 1. The number of hydrogen-bond donors (Lipinski definition) is 2. The van der Waals surface area contributed by atoms with E-state index < -0.39 is 21.4 Å². The predicted octanol–water partition coefficient (Wildman–Crippen LogP) is 5.81. The summed E-state index contributed by atoms with van der Waals surface area (Å²) in [5.74, 6) is -0.527. The number of aromatic nitrogens is 2. The number of carbonyl (C=O) groups excluding carboxylic acids is 1. The zero-order valence-electron chi connectivity index (χ0n) is 20.6. The molecule has 2 heterocycles. The number of H-pyrrole nitrogens is 1. The zero-order valence-corrected chi connectivity index (χ0v) is 22.2. The summed E-state index contributed by atoms with van der Waals surface area (Å²) in [5, 5.41) is 0.0463.